The molecule has 0 aliphatic rings. The fourth-order valence-corrected chi connectivity index (χ4v) is 1.66. The summed E-state index contributed by atoms with van der Waals surface area (Å²) >= 11 is 5.26. The van der Waals surface area contributed by atoms with E-state index in [0.29, 0.717) is 28.1 Å². The number of nitrogens with two attached hydrogens (primary N) is 1. The second kappa shape index (κ2) is 5.26. The van der Waals surface area contributed by atoms with Gasteiger partial charge in [0.1, 0.15) is 0 Å². The SMILES string of the molecule is NC(=S)Cc1ccc(SC(F)F)cc1. The van der Waals surface area contributed by atoms with Crippen LogP contribution in [-0.2, 0) is 6.42 Å². The van der Waals surface area contributed by atoms with Gasteiger partial charge < -0.3 is 5.73 Å². The highest BCUT2D eigenvalue weighted by atomic mass is 32.2. The smallest absolute Gasteiger partial charge is 0.288 e. The number of hydrogen-bond acceptors (Lipinski definition) is 2. The Labute approximate surface area is 90.7 Å². The molecule has 0 bridgehead atoms. The predicted molar refractivity (Wildman–Crippen MR) is 58.8 cm³/mol. The van der Waals surface area contributed by atoms with E-state index in [1.54, 1.807) is 24.3 Å². The maximum absolute atomic E-state index is 12.0. The number of alkyl halides is 2. The van der Waals surface area contributed by atoms with Gasteiger partial charge in [-0.2, -0.15) is 8.78 Å². The number of halogens is 2. The van der Waals surface area contributed by atoms with Crippen molar-refractivity contribution in [2.75, 3.05) is 0 Å². The average Bonchev–Trinajstić information content (AvgIpc) is 2.06. The molecule has 0 heterocycles. The minimum atomic E-state index is -2.38. The van der Waals surface area contributed by atoms with Gasteiger partial charge in [-0.15, -0.1) is 0 Å². The zero-order chi connectivity index (χ0) is 10.6. The molecular formula is C9H9F2NS2. The number of benzene rings is 1. The highest BCUT2D eigenvalue weighted by molar-refractivity contribution is 7.99. The van der Waals surface area contributed by atoms with E-state index >= 15 is 0 Å². The van der Waals surface area contributed by atoms with Crippen LogP contribution in [0.25, 0.3) is 0 Å². The Kier molecular flexibility index (Phi) is 4.28. The van der Waals surface area contributed by atoms with Crippen molar-refractivity contribution in [3.05, 3.63) is 29.8 Å². The van der Waals surface area contributed by atoms with Gasteiger partial charge in [-0.05, 0) is 17.7 Å². The van der Waals surface area contributed by atoms with Crippen LogP contribution in [0.5, 0.6) is 0 Å². The monoisotopic (exact) mass is 233 g/mol. The fraction of sp³-hybridized carbons (Fsp3) is 0.222. The largest absolute Gasteiger partial charge is 0.393 e. The van der Waals surface area contributed by atoms with Crippen LogP contribution in [0, 0.1) is 0 Å². The fourth-order valence-electron chi connectivity index (χ4n) is 0.990. The maximum Gasteiger partial charge on any atom is 0.288 e. The van der Waals surface area contributed by atoms with Crippen LogP contribution in [0.3, 0.4) is 0 Å². The Morgan fingerprint density at radius 3 is 2.36 bits per heavy atom. The first-order valence-electron chi connectivity index (χ1n) is 3.90. The molecule has 0 amide bonds. The van der Waals surface area contributed by atoms with Gasteiger partial charge in [0, 0.05) is 11.3 Å². The Morgan fingerprint density at radius 1 is 1.36 bits per heavy atom. The van der Waals surface area contributed by atoms with E-state index in [9.17, 15) is 8.78 Å². The molecule has 1 aromatic rings. The Hall–Kier alpha value is -0.680. The van der Waals surface area contributed by atoms with Crippen molar-refractivity contribution >= 4 is 29.0 Å². The molecule has 1 nitrogen and oxygen atoms in total. The number of thioether (sulfide) groups is 1. The number of hydrogen-bond donors (Lipinski definition) is 1. The van der Waals surface area contributed by atoms with Crippen molar-refractivity contribution in [1.29, 1.82) is 0 Å². The molecule has 0 aliphatic heterocycles. The molecule has 1 aromatic carbocycles. The van der Waals surface area contributed by atoms with Crippen LogP contribution in [0.15, 0.2) is 29.2 Å². The van der Waals surface area contributed by atoms with E-state index in [4.69, 9.17) is 18.0 Å². The average molecular weight is 233 g/mol. The van der Waals surface area contributed by atoms with Crippen molar-refractivity contribution in [2.45, 2.75) is 17.1 Å². The second-order valence-electron chi connectivity index (χ2n) is 2.67. The molecule has 2 N–H and O–H groups in total. The van der Waals surface area contributed by atoms with Crippen molar-refractivity contribution in [3.8, 4) is 0 Å². The van der Waals surface area contributed by atoms with Gasteiger partial charge >= 0.3 is 0 Å². The van der Waals surface area contributed by atoms with Crippen LogP contribution in [0.2, 0.25) is 0 Å². The van der Waals surface area contributed by atoms with Crippen molar-refractivity contribution in [3.63, 3.8) is 0 Å². The summed E-state index contributed by atoms with van der Waals surface area (Å²) in [6.07, 6.45) is 0.509. The standard InChI is InChI=1S/C9H9F2NS2/c10-9(11)14-7-3-1-6(2-4-7)5-8(12)13/h1-4,9H,5H2,(H2,12,13). The molecule has 5 heteroatoms. The first-order chi connectivity index (χ1) is 6.58. The molecule has 0 radical (unpaired) electrons. The minimum absolute atomic E-state index is 0.402. The summed E-state index contributed by atoms with van der Waals surface area (Å²) in [5, 5.41) is 0. The molecule has 0 aliphatic carbocycles. The van der Waals surface area contributed by atoms with Crippen LogP contribution < -0.4 is 5.73 Å². The summed E-state index contributed by atoms with van der Waals surface area (Å²) in [5.74, 6) is -2.38. The van der Waals surface area contributed by atoms with Crippen LogP contribution in [0.4, 0.5) is 8.78 Å². The van der Waals surface area contributed by atoms with Gasteiger partial charge in [-0.25, -0.2) is 0 Å². The minimum Gasteiger partial charge on any atom is -0.393 e. The molecule has 14 heavy (non-hydrogen) atoms. The summed E-state index contributed by atoms with van der Waals surface area (Å²) in [6, 6.07) is 6.79. The predicted octanol–water partition coefficient (Wildman–Crippen LogP) is 2.83. The number of thiocarbonyl (C=S) groups is 1. The van der Waals surface area contributed by atoms with E-state index in [-0.39, 0.29) is 0 Å². The first-order valence-corrected chi connectivity index (χ1v) is 5.19. The second-order valence-corrected chi connectivity index (χ2v) is 4.25. The zero-order valence-corrected chi connectivity index (χ0v) is 8.88. The molecule has 0 atom stereocenters. The van der Waals surface area contributed by atoms with Crippen molar-refractivity contribution < 1.29 is 8.78 Å². The van der Waals surface area contributed by atoms with Crippen LogP contribution >= 0.6 is 24.0 Å². The highest BCUT2D eigenvalue weighted by Crippen LogP contribution is 2.25. The van der Waals surface area contributed by atoms with Gasteiger partial charge in [-0.3, -0.25) is 0 Å². The van der Waals surface area contributed by atoms with E-state index in [2.05, 4.69) is 0 Å². The molecule has 1 rings (SSSR count). The van der Waals surface area contributed by atoms with Gasteiger partial charge in [0.05, 0.1) is 4.99 Å². The lowest BCUT2D eigenvalue weighted by atomic mass is 10.1. The maximum atomic E-state index is 12.0. The third-order valence-electron chi connectivity index (χ3n) is 1.53. The third-order valence-corrected chi connectivity index (χ3v) is 2.39. The number of rotatable bonds is 4. The van der Waals surface area contributed by atoms with Crippen molar-refractivity contribution in [1.82, 2.24) is 0 Å². The molecule has 0 fully saturated rings. The van der Waals surface area contributed by atoms with Gasteiger partial charge in [0.2, 0.25) is 0 Å². The topological polar surface area (TPSA) is 26.0 Å². The summed E-state index contributed by atoms with van der Waals surface area (Å²) in [5.41, 5.74) is 6.29. The van der Waals surface area contributed by atoms with E-state index < -0.39 is 5.76 Å². The molecule has 0 saturated carbocycles. The quantitative estimate of drug-likeness (QED) is 0.639. The van der Waals surface area contributed by atoms with Gasteiger partial charge in [-0.1, -0.05) is 36.1 Å². The third kappa shape index (κ3) is 4.02. The lowest BCUT2D eigenvalue weighted by molar-refractivity contribution is 0.252. The van der Waals surface area contributed by atoms with Gasteiger partial charge in [0.25, 0.3) is 5.76 Å². The van der Waals surface area contributed by atoms with E-state index in [1.807, 2.05) is 0 Å². The summed E-state index contributed by atoms with van der Waals surface area (Å²) in [4.78, 5) is 0.950. The van der Waals surface area contributed by atoms with E-state index in [1.165, 1.54) is 0 Å². The summed E-state index contributed by atoms with van der Waals surface area (Å²) in [7, 11) is 0. The lowest BCUT2D eigenvalue weighted by Crippen LogP contribution is -2.10. The van der Waals surface area contributed by atoms with Crippen molar-refractivity contribution in [2.24, 2.45) is 5.73 Å². The lowest BCUT2D eigenvalue weighted by Gasteiger charge is -2.02. The highest BCUT2D eigenvalue weighted by Gasteiger charge is 2.04. The van der Waals surface area contributed by atoms with Crippen LogP contribution in [0.1, 0.15) is 5.56 Å². The molecule has 76 valence electrons. The molecular weight excluding hydrogens is 224 g/mol. The zero-order valence-electron chi connectivity index (χ0n) is 7.24. The van der Waals surface area contributed by atoms with Gasteiger partial charge in [0.15, 0.2) is 0 Å². The normalized spacial score (nSPS) is 10.5. The summed E-state index contributed by atoms with van der Waals surface area (Å²) in [6.45, 7) is 0. The summed E-state index contributed by atoms with van der Waals surface area (Å²) < 4.78 is 23.9. The Morgan fingerprint density at radius 2 is 1.93 bits per heavy atom. The van der Waals surface area contributed by atoms with Crippen LogP contribution in [-0.4, -0.2) is 10.7 Å². The first kappa shape index (κ1) is 11.4. The molecule has 0 saturated heterocycles. The molecule has 0 aromatic heterocycles. The molecule has 0 spiro atoms. The molecule has 0 unspecified atom stereocenters. The Balaban J connectivity index is 2.63. The Bertz CT molecular complexity index is 311. The van der Waals surface area contributed by atoms with E-state index in [0.717, 1.165) is 5.56 Å².